The maximum absolute atomic E-state index is 13.3. The Hall–Kier alpha value is -3.54. The first-order valence-corrected chi connectivity index (χ1v) is 12.5. The molecule has 0 atom stereocenters. The molecule has 1 amide bonds. The molecule has 0 spiro atoms. The number of alkyl halides is 2. The van der Waals surface area contributed by atoms with Gasteiger partial charge in [-0.05, 0) is 25.3 Å². The number of likely N-dealkylation sites (tertiary alicyclic amines) is 1. The van der Waals surface area contributed by atoms with E-state index < -0.39 is 5.92 Å². The number of unbranched alkanes of at least 4 members (excludes halogenated alkanes) is 1. The van der Waals surface area contributed by atoms with E-state index in [1.807, 2.05) is 31.2 Å². The summed E-state index contributed by atoms with van der Waals surface area (Å²) in [4.78, 5) is 26.4. The highest BCUT2D eigenvalue weighted by molar-refractivity contribution is 5.91. The second-order valence-electron chi connectivity index (χ2n) is 9.57. The summed E-state index contributed by atoms with van der Waals surface area (Å²) in [5.41, 5.74) is 3.01. The molecule has 37 heavy (non-hydrogen) atoms. The van der Waals surface area contributed by atoms with Gasteiger partial charge in [-0.15, -0.1) is 10.2 Å². The molecule has 10 nitrogen and oxygen atoms in total. The van der Waals surface area contributed by atoms with Crippen molar-refractivity contribution in [2.24, 2.45) is 0 Å². The third kappa shape index (κ3) is 8.24. The lowest BCUT2D eigenvalue weighted by Crippen LogP contribution is -2.42. The van der Waals surface area contributed by atoms with Crippen molar-refractivity contribution in [2.45, 2.75) is 64.6 Å². The van der Waals surface area contributed by atoms with Crippen LogP contribution in [0.15, 0.2) is 36.7 Å². The fraction of sp³-hybridized carbons (Fsp3) is 0.520. The average Bonchev–Trinajstić information content (AvgIpc) is 3.51. The van der Waals surface area contributed by atoms with Gasteiger partial charge in [-0.3, -0.25) is 23.9 Å². The van der Waals surface area contributed by atoms with Crippen LogP contribution in [-0.4, -0.2) is 72.1 Å². The van der Waals surface area contributed by atoms with E-state index in [1.54, 1.807) is 26.7 Å². The number of nitrogens with one attached hydrogen (secondary N) is 1. The molecule has 0 unspecified atom stereocenters. The van der Waals surface area contributed by atoms with Gasteiger partial charge in [0.05, 0.1) is 24.9 Å². The second-order valence-corrected chi connectivity index (χ2v) is 9.57. The van der Waals surface area contributed by atoms with E-state index in [4.69, 9.17) is 0 Å². The van der Waals surface area contributed by atoms with Crippen LogP contribution in [0.4, 0.5) is 8.78 Å². The Morgan fingerprint density at radius 2 is 1.73 bits per heavy atom. The molecule has 3 aromatic rings. The zero-order valence-corrected chi connectivity index (χ0v) is 20.9. The van der Waals surface area contributed by atoms with Gasteiger partial charge < -0.3 is 5.32 Å². The number of aryl methyl sites for hydroxylation is 3. The third-order valence-corrected chi connectivity index (χ3v) is 6.28. The topological polar surface area (TPSA) is 111 Å². The van der Waals surface area contributed by atoms with Gasteiger partial charge >= 0.3 is 0 Å². The standard InChI is InChI=1S/C25H32F2N8O2/c1-19-5-4-6-20(13-19)15-28-24(37)23-18-35(32-30-23)10-3-2-9-34-16-21(29-31-34)14-22(36)17-33-11-7-25(26,27)8-12-33/h4-6,13,16,18H,2-3,7-12,14-15,17H2,1H3,(H,28,37). The number of rotatable bonds is 12. The number of nitrogens with zero attached hydrogens (tertiary/aromatic N) is 7. The van der Waals surface area contributed by atoms with Gasteiger partial charge in [-0.1, -0.05) is 40.3 Å². The van der Waals surface area contributed by atoms with Crippen molar-refractivity contribution in [1.82, 2.24) is 40.2 Å². The Kier molecular flexibility index (Phi) is 8.70. The Bertz CT molecular complexity index is 1200. The van der Waals surface area contributed by atoms with Crippen molar-refractivity contribution in [2.75, 3.05) is 19.6 Å². The van der Waals surface area contributed by atoms with Crippen LogP contribution in [0.5, 0.6) is 0 Å². The summed E-state index contributed by atoms with van der Waals surface area (Å²) in [6, 6.07) is 7.94. The minimum absolute atomic E-state index is 0.0535. The molecule has 1 fully saturated rings. The fourth-order valence-corrected chi connectivity index (χ4v) is 4.23. The Morgan fingerprint density at radius 1 is 1.03 bits per heavy atom. The zero-order valence-electron chi connectivity index (χ0n) is 20.9. The minimum atomic E-state index is -2.62. The first kappa shape index (κ1) is 26.5. The lowest BCUT2D eigenvalue weighted by atomic mass is 10.1. The normalized spacial score (nSPS) is 15.5. The van der Waals surface area contributed by atoms with E-state index in [-0.39, 0.29) is 56.3 Å². The van der Waals surface area contributed by atoms with Crippen LogP contribution in [0.3, 0.4) is 0 Å². The molecular formula is C25H32F2N8O2. The number of benzene rings is 1. The summed E-state index contributed by atoms with van der Waals surface area (Å²) in [6.07, 6.45) is 4.71. The molecule has 2 aromatic heterocycles. The van der Waals surface area contributed by atoms with Gasteiger partial charge in [0.15, 0.2) is 11.5 Å². The molecule has 0 bridgehead atoms. The molecule has 1 aliphatic rings. The number of hydrogen-bond acceptors (Lipinski definition) is 7. The number of carbonyl (C=O) groups excluding carboxylic acids is 2. The van der Waals surface area contributed by atoms with Gasteiger partial charge in [0.1, 0.15) is 0 Å². The van der Waals surface area contributed by atoms with Crippen LogP contribution in [0.25, 0.3) is 0 Å². The van der Waals surface area contributed by atoms with Gasteiger partial charge in [0.2, 0.25) is 0 Å². The largest absolute Gasteiger partial charge is 0.347 e. The number of amides is 1. The maximum atomic E-state index is 13.3. The molecule has 198 valence electrons. The van der Waals surface area contributed by atoms with Crippen LogP contribution >= 0.6 is 0 Å². The van der Waals surface area contributed by atoms with Crippen LogP contribution in [0, 0.1) is 6.92 Å². The zero-order chi connectivity index (χ0) is 26.3. The van der Waals surface area contributed by atoms with Gasteiger partial charge in [0.25, 0.3) is 11.8 Å². The Labute approximate surface area is 214 Å². The summed E-state index contributed by atoms with van der Waals surface area (Å²) in [6.45, 7) is 4.29. The number of carbonyl (C=O) groups is 2. The molecule has 1 N–H and O–H groups in total. The van der Waals surface area contributed by atoms with Crippen LogP contribution in [-0.2, 0) is 30.8 Å². The predicted molar refractivity (Wildman–Crippen MR) is 131 cm³/mol. The molecule has 0 saturated carbocycles. The molecule has 0 aliphatic carbocycles. The first-order valence-electron chi connectivity index (χ1n) is 12.5. The quantitative estimate of drug-likeness (QED) is 0.370. The van der Waals surface area contributed by atoms with Gasteiger partial charge in [-0.25, -0.2) is 8.78 Å². The van der Waals surface area contributed by atoms with E-state index >= 15 is 0 Å². The highest BCUT2D eigenvalue weighted by Gasteiger charge is 2.34. The number of piperidine rings is 1. The Balaban J connectivity index is 1.13. The van der Waals surface area contributed by atoms with Crippen LogP contribution in [0.2, 0.25) is 0 Å². The van der Waals surface area contributed by atoms with E-state index in [9.17, 15) is 18.4 Å². The van der Waals surface area contributed by atoms with E-state index in [2.05, 4.69) is 25.9 Å². The highest BCUT2D eigenvalue weighted by atomic mass is 19.3. The monoisotopic (exact) mass is 514 g/mol. The summed E-state index contributed by atoms with van der Waals surface area (Å²) in [5, 5.41) is 19.0. The van der Waals surface area contributed by atoms with Crippen molar-refractivity contribution in [3.63, 3.8) is 0 Å². The highest BCUT2D eigenvalue weighted by Crippen LogP contribution is 2.27. The van der Waals surface area contributed by atoms with E-state index in [0.717, 1.165) is 24.0 Å². The number of Topliss-reactive ketones (excluding diaryl/α,β-unsaturated/α-hetero) is 1. The molecule has 1 aromatic carbocycles. The number of aromatic nitrogens is 6. The van der Waals surface area contributed by atoms with Crippen molar-refractivity contribution < 1.29 is 18.4 Å². The summed E-state index contributed by atoms with van der Waals surface area (Å²) in [7, 11) is 0. The van der Waals surface area contributed by atoms with Crippen LogP contribution < -0.4 is 5.32 Å². The summed E-state index contributed by atoms with van der Waals surface area (Å²) in [5.74, 6) is -2.94. The lowest BCUT2D eigenvalue weighted by Gasteiger charge is -2.30. The molecule has 4 rings (SSSR count). The average molecular weight is 515 g/mol. The minimum Gasteiger partial charge on any atom is -0.347 e. The van der Waals surface area contributed by atoms with Gasteiger partial charge in [0, 0.05) is 51.8 Å². The first-order chi connectivity index (χ1) is 17.8. The van der Waals surface area contributed by atoms with E-state index in [1.165, 1.54) is 0 Å². The second kappa shape index (κ2) is 12.1. The van der Waals surface area contributed by atoms with Crippen molar-refractivity contribution in [3.05, 3.63) is 59.2 Å². The molecule has 1 aliphatic heterocycles. The smallest absolute Gasteiger partial charge is 0.273 e. The molecule has 0 radical (unpaired) electrons. The number of halogens is 2. The maximum Gasteiger partial charge on any atom is 0.273 e. The van der Waals surface area contributed by atoms with Crippen LogP contribution in [0.1, 0.15) is 53.0 Å². The van der Waals surface area contributed by atoms with Crippen molar-refractivity contribution in [1.29, 1.82) is 0 Å². The van der Waals surface area contributed by atoms with Gasteiger partial charge in [-0.2, -0.15) is 0 Å². The molecule has 12 heteroatoms. The third-order valence-electron chi connectivity index (χ3n) is 6.28. The SMILES string of the molecule is Cc1cccc(CNC(=O)c2cn(CCCCn3cc(CC(=O)CN4CCC(F)(F)CC4)nn3)nn2)c1. The summed E-state index contributed by atoms with van der Waals surface area (Å²) >= 11 is 0. The Morgan fingerprint density at radius 3 is 2.46 bits per heavy atom. The number of hydrogen-bond donors (Lipinski definition) is 1. The fourth-order valence-electron chi connectivity index (χ4n) is 4.23. The number of ketones is 1. The van der Waals surface area contributed by atoms with Crippen molar-refractivity contribution >= 4 is 11.7 Å². The molecule has 1 saturated heterocycles. The summed E-state index contributed by atoms with van der Waals surface area (Å²) < 4.78 is 29.8. The molecule has 3 heterocycles. The predicted octanol–water partition coefficient (Wildman–Crippen LogP) is 2.43. The van der Waals surface area contributed by atoms with Crippen molar-refractivity contribution in [3.8, 4) is 0 Å². The van der Waals surface area contributed by atoms with E-state index in [0.29, 0.717) is 25.3 Å². The molecular weight excluding hydrogens is 482 g/mol. The lowest BCUT2D eigenvalue weighted by molar-refractivity contribution is -0.121.